The molecule has 6 saturated heterocycles. The number of aliphatic hydroxyl groups is 1. The molecule has 0 radical (unpaired) electrons. The number of nitrogens with zero attached hydrogens (tertiary/aromatic N) is 16. The van der Waals surface area contributed by atoms with Crippen molar-refractivity contribution in [1.82, 2.24) is 97.6 Å². The second-order valence-corrected chi connectivity index (χ2v) is 42.2. The van der Waals surface area contributed by atoms with Gasteiger partial charge in [-0.15, -0.1) is 0 Å². The molecule has 0 saturated carbocycles. The maximum atomic E-state index is 14.8. The van der Waals surface area contributed by atoms with Gasteiger partial charge in [0.05, 0.1) is 91.1 Å². The molecule has 6 aliphatic heterocycles. The summed E-state index contributed by atoms with van der Waals surface area (Å²) >= 11 is 0. The van der Waals surface area contributed by atoms with E-state index >= 15 is 0 Å². The molecule has 63 nitrogen and oxygen atoms in total. The standard InChI is InChI=1S/C78H93N25O38P6/c79-65-60-66(85-32-84-65)99(33-86-60)55-18-45(138-144(113,114)127-28-50-44(137-142(109,110)125-16-14-104)19-56(132-50)100-34-87-61-67(100)91-75(80)95-71(61)105)51(131-55)29-128-145(115,116)140-47-21-58(102-36-89-63-69(102)93-77(82)97-73(63)107)134-53(47)31-130-147(119,120)141-48-22-59(103-37-90-64-70(103)94-78(83)98-74(64)108)135-54(48)30-129-146(117,118)139-46-20-57(101-35-88-62-68(101)92-76(81)96-72(62)106)133-52(46)27-126-143(111,112)136-42-13-15-122-49(42)26-121-23-40-11-12-41(123-24-38-7-3-1-4-8-38)43(17-40)124-25-39-9-5-2-6-10-39/h1-12,17,32-37,42,44-59,104H,13-16,18-31H2,(H,109,110)(H,111,112)(H,113,114)(H,115,116)(H,117,118)(H,119,120)(H2,79,84,85)(H3,80,91,95,105)(H3,81,92,96,106)(H3,82,93,97,107)(H3,83,94,98,108)/t42-,44-,45-,46-,47-,48-,49+,50+,51+,52+,53+,54+,55+,56+,57+,58+,59+/m0/s1. The van der Waals surface area contributed by atoms with E-state index in [9.17, 15) is 81.0 Å². The molecule has 6 unspecified atom stereocenters. The van der Waals surface area contributed by atoms with E-state index in [0.29, 0.717) is 17.1 Å². The number of aromatic amines is 4. The Kier molecular flexibility index (Phi) is 30.6. The van der Waals surface area contributed by atoms with Crippen molar-refractivity contribution in [1.29, 1.82) is 0 Å². The number of nitrogens with two attached hydrogens (primary N) is 5. The van der Waals surface area contributed by atoms with Crippen molar-refractivity contribution in [2.75, 3.05) is 88.1 Å². The molecule has 0 amide bonds. The zero-order valence-electron chi connectivity index (χ0n) is 76.0. The van der Waals surface area contributed by atoms with Crippen molar-refractivity contribution in [3.05, 3.63) is 175 Å². The highest BCUT2D eigenvalue weighted by molar-refractivity contribution is 7.48. The molecular formula is C78H93N25O38P6. The zero-order chi connectivity index (χ0) is 103. The van der Waals surface area contributed by atoms with Crippen molar-refractivity contribution >= 4 is 132 Å². The average Bonchev–Trinajstić information content (AvgIpc) is 1.63. The van der Waals surface area contributed by atoms with Crippen LogP contribution in [0.3, 0.4) is 0 Å². The SMILES string of the molecule is Nc1nc2c(ncn2[C@H]2C[C@H](OP(=O)(O)OC[C@H]3O[C@@H](n4cnc5c(=O)[nH]c(N)nc54)C[C@@H]3OP(=O)(O)OC[C@H]3O[C@@H](n4cnc5c(=O)[nH]c(N)nc54)C[C@@H]3OP(=O)(O)OC[C@H]3O[C@@H](n4cnc5c(N)ncnc54)C[C@@H]3OP(=O)(O)OC[C@H]3O[C@@H](n4cnc5c(=O)[nH]c(N)nc54)C[C@@H]3OP(=O)(O)OCCO)[C@@H](COP(=O)(O)O[C@H]3CCO[C@@H]3COCc3ccc(OCc4ccccc4)c(OCc4ccccc4)c3)O2)c(=O)[nH]1. The molecule has 10 aromatic heterocycles. The maximum Gasteiger partial charge on any atom is 0.472 e. The lowest BCUT2D eigenvalue weighted by Gasteiger charge is -2.26. The molecular weight excluding hydrogens is 2080 g/mol. The van der Waals surface area contributed by atoms with Crippen LogP contribution in [0, 0.1) is 0 Å². The second kappa shape index (κ2) is 43.3. The number of aromatic nitrogens is 20. The number of H-pyrrole nitrogens is 4. The Balaban J connectivity index is 0.534. The number of aliphatic hydroxyl groups excluding tert-OH is 1. The maximum absolute atomic E-state index is 14.8. The molecule has 13 aromatic rings. The molecule has 69 heteroatoms. The predicted octanol–water partition coefficient (Wildman–Crippen LogP) is 2.88. The number of fused-ring (bicyclic) bond motifs is 5. The van der Waals surface area contributed by atoms with Crippen LogP contribution in [-0.2, 0) is 135 Å². The molecule has 16 heterocycles. The van der Waals surface area contributed by atoms with Crippen LogP contribution in [0.4, 0.5) is 29.6 Å². The summed E-state index contributed by atoms with van der Waals surface area (Å²) in [6, 6.07) is 24.4. The van der Waals surface area contributed by atoms with Crippen LogP contribution in [0.5, 0.6) is 11.5 Å². The summed E-state index contributed by atoms with van der Waals surface area (Å²) in [7, 11) is -32.8. The summed E-state index contributed by atoms with van der Waals surface area (Å²) in [5, 5.41) is 9.37. The van der Waals surface area contributed by atoms with E-state index in [1.54, 1.807) is 18.2 Å². The zero-order valence-corrected chi connectivity index (χ0v) is 81.4. The molecule has 6 aliphatic rings. The van der Waals surface area contributed by atoms with Crippen molar-refractivity contribution < 1.29 is 159 Å². The minimum Gasteiger partial charge on any atom is -0.485 e. The molecule has 0 aliphatic carbocycles. The molecule has 0 spiro atoms. The monoisotopic (exact) mass is 2170 g/mol. The van der Waals surface area contributed by atoms with Crippen molar-refractivity contribution in [3.8, 4) is 11.5 Å². The van der Waals surface area contributed by atoms with Gasteiger partial charge < -0.3 is 106 Å². The highest BCUT2D eigenvalue weighted by Crippen LogP contribution is 2.58. The van der Waals surface area contributed by atoms with E-state index in [1.807, 2.05) is 60.7 Å². The Morgan fingerprint density at radius 1 is 0.354 bits per heavy atom. The lowest BCUT2D eigenvalue weighted by atomic mass is 10.2. The normalized spacial score (nSPS) is 26.3. The fourth-order valence-corrected chi connectivity index (χ4v) is 22.9. The lowest BCUT2D eigenvalue weighted by molar-refractivity contribution is -0.0637. The molecule has 19 rings (SSSR count). The van der Waals surface area contributed by atoms with Gasteiger partial charge >= 0.3 is 46.9 Å². The largest absolute Gasteiger partial charge is 0.485 e. The molecule has 788 valence electrons. The van der Waals surface area contributed by atoms with E-state index < -0.39 is 257 Å². The fraction of sp³-hybridized carbons (Fsp3) is 0.449. The van der Waals surface area contributed by atoms with E-state index in [1.165, 1.54) is 20.0 Å². The fourth-order valence-electron chi connectivity index (χ4n) is 17.1. The van der Waals surface area contributed by atoms with Crippen molar-refractivity contribution in [3.63, 3.8) is 0 Å². The average molecular weight is 2170 g/mol. The van der Waals surface area contributed by atoms with Gasteiger partial charge in [-0.3, -0.25) is 116 Å². The van der Waals surface area contributed by atoms with Crippen molar-refractivity contribution in [2.45, 2.75) is 163 Å². The van der Waals surface area contributed by atoms with Gasteiger partial charge in [0.2, 0.25) is 23.8 Å². The summed E-state index contributed by atoms with van der Waals surface area (Å²) in [6.07, 6.45) is -21.5. The van der Waals surface area contributed by atoms with Gasteiger partial charge in [0.15, 0.2) is 67.6 Å². The number of phosphoric ester groups is 6. The molecule has 0 bridgehead atoms. The predicted molar refractivity (Wildman–Crippen MR) is 496 cm³/mol. The highest BCUT2D eigenvalue weighted by Gasteiger charge is 2.52. The minimum absolute atomic E-state index is 0.0177. The molecule has 23 atom stereocenters. The van der Waals surface area contributed by atoms with E-state index in [-0.39, 0.29) is 119 Å². The quantitative estimate of drug-likeness (QED) is 0.0244. The second-order valence-electron chi connectivity index (χ2n) is 33.8. The van der Waals surface area contributed by atoms with Gasteiger partial charge in [-0.2, -0.15) is 19.9 Å². The van der Waals surface area contributed by atoms with Crippen LogP contribution in [0.2, 0.25) is 0 Å². The molecule has 6 fully saturated rings. The number of anilines is 5. The van der Waals surface area contributed by atoms with Crippen LogP contribution < -0.4 is 60.4 Å². The minimum atomic E-state index is -5.71. The Bertz CT molecular complexity index is 7560. The third-order valence-electron chi connectivity index (χ3n) is 23.8. The molecule has 21 N–H and O–H groups in total. The van der Waals surface area contributed by atoms with E-state index in [2.05, 4.69) is 74.8 Å². The number of benzene rings is 3. The van der Waals surface area contributed by atoms with Gasteiger partial charge in [-0.25, -0.2) is 62.3 Å². The first-order valence-electron chi connectivity index (χ1n) is 44.6. The number of imidazole rings is 5. The topological polar surface area (TPSA) is 866 Å². The van der Waals surface area contributed by atoms with Crippen LogP contribution in [-0.4, -0.2) is 265 Å². The molecule has 147 heavy (non-hydrogen) atoms. The number of ether oxygens (including phenoxy) is 9. The summed E-state index contributed by atoms with van der Waals surface area (Å²) in [4.78, 5) is 176. The van der Waals surface area contributed by atoms with E-state index in [0.717, 1.165) is 51.9 Å². The van der Waals surface area contributed by atoms with E-state index in [4.69, 9.17) is 126 Å². The first-order chi connectivity index (χ1) is 70.3. The van der Waals surface area contributed by atoms with Crippen LogP contribution in [0.15, 0.2) is 136 Å². The first kappa shape index (κ1) is 104. The number of hydrogen-bond donors (Lipinski definition) is 16. The van der Waals surface area contributed by atoms with Crippen LogP contribution in [0.1, 0.15) is 86.4 Å². The number of nitrogen functional groups attached to an aromatic ring is 5. The van der Waals surface area contributed by atoms with Gasteiger partial charge in [0, 0.05) is 45.1 Å². The van der Waals surface area contributed by atoms with Gasteiger partial charge in [-0.05, 0) is 28.8 Å². The van der Waals surface area contributed by atoms with Gasteiger partial charge in [0.1, 0.15) is 129 Å². The smallest absolute Gasteiger partial charge is 0.472 e. The Labute approximate surface area is 822 Å². The number of nitrogens with one attached hydrogen (secondary N) is 4. The number of phosphoric acid groups is 6. The van der Waals surface area contributed by atoms with Crippen LogP contribution in [0.25, 0.3) is 55.8 Å². The summed E-state index contributed by atoms with van der Waals surface area (Å²) in [6.45, 7) is -6.24. The molecule has 3 aromatic carbocycles. The van der Waals surface area contributed by atoms with Crippen LogP contribution >= 0.6 is 46.9 Å². The Morgan fingerprint density at radius 2 is 0.673 bits per heavy atom. The lowest BCUT2D eigenvalue weighted by Crippen LogP contribution is -2.32. The van der Waals surface area contributed by atoms with Crippen molar-refractivity contribution in [2.24, 2.45) is 0 Å². The summed E-state index contributed by atoms with van der Waals surface area (Å²) < 4.78 is 215. The Hall–Kier alpha value is -11.5. The number of hydrogen-bond acceptors (Lipinski definition) is 48. The van der Waals surface area contributed by atoms with Gasteiger partial charge in [-0.1, -0.05) is 66.7 Å². The summed E-state index contributed by atoms with van der Waals surface area (Å²) in [5.41, 5.74) is 27.6. The highest BCUT2D eigenvalue weighted by atomic mass is 31.2. The first-order valence-corrected chi connectivity index (χ1v) is 53.5. The third-order valence-corrected chi connectivity index (χ3v) is 29.9. The summed E-state index contributed by atoms with van der Waals surface area (Å²) in [5.74, 6) is -0.645. The Morgan fingerprint density at radius 3 is 1.02 bits per heavy atom. The number of rotatable bonds is 45. The van der Waals surface area contributed by atoms with Gasteiger partial charge in [0.25, 0.3) is 22.2 Å². The third kappa shape index (κ3) is 24.4.